The lowest BCUT2D eigenvalue weighted by molar-refractivity contribution is -0.0530. The van der Waals surface area contributed by atoms with Crippen LogP contribution < -0.4 is 10.5 Å². The number of hydrogen-bond donors (Lipinski definition) is 1. The first-order valence-corrected chi connectivity index (χ1v) is 3.24. The highest BCUT2D eigenvalue weighted by molar-refractivity contribution is 5.48. The van der Waals surface area contributed by atoms with E-state index in [9.17, 15) is 8.78 Å². The molecule has 4 nitrogen and oxygen atoms in total. The smallest absolute Gasteiger partial charge is 0.388 e. The van der Waals surface area contributed by atoms with Crippen molar-refractivity contribution in [3.8, 4) is 11.9 Å². The summed E-state index contributed by atoms with van der Waals surface area (Å²) in [6.45, 7) is -3.00. The van der Waals surface area contributed by atoms with E-state index in [1.54, 1.807) is 6.07 Å². The average Bonchev–Trinajstić information content (AvgIpc) is 2.07. The Morgan fingerprint density at radius 3 is 2.85 bits per heavy atom. The Morgan fingerprint density at radius 1 is 1.62 bits per heavy atom. The number of hydrogen-bond acceptors (Lipinski definition) is 4. The number of nitrogen functional groups attached to an aromatic ring is 1. The molecule has 68 valence electrons. The first-order valence-electron chi connectivity index (χ1n) is 3.24. The third kappa shape index (κ3) is 2.27. The van der Waals surface area contributed by atoms with Crippen LogP contribution >= 0.6 is 0 Å². The first kappa shape index (κ1) is 9.19. The largest absolute Gasteiger partial charge is 0.415 e. The Kier molecular flexibility index (Phi) is 2.59. The Labute approximate surface area is 72.6 Å². The summed E-state index contributed by atoms with van der Waals surface area (Å²) < 4.78 is 27.4. The van der Waals surface area contributed by atoms with Crippen LogP contribution in [-0.4, -0.2) is 11.6 Å². The van der Waals surface area contributed by atoms with Gasteiger partial charge in [0.15, 0.2) is 0 Å². The maximum Gasteiger partial charge on any atom is 0.388 e. The summed E-state index contributed by atoms with van der Waals surface area (Å²) in [7, 11) is 0. The Balaban J connectivity index is 3.01. The predicted octanol–water partition coefficient (Wildman–Crippen LogP) is 1.14. The lowest BCUT2D eigenvalue weighted by atomic mass is 10.3. The molecule has 0 bridgehead atoms. The molecule has 0 unspecified atom stereocenters. The van der Waals surface area contributed by atoms with Crippen molar-refractivity contribution in [3.63, 3.8) is 0 Å². The summed E-state index contributed by atoms with van der Waals surface area (Å²) in [5.74, 6) is -0.410. The highest BCUT2D eigenvalue weighted by Gasteiger charge is 2.10. The molecule has 1 aromatic rings. The fourth-order valence-electron chi connectivity index (χ4n) is 0.727. The maximum absolute atomic E-state index is 11.7. The van der Waals surface area contributed by atoms with Gasteiger partial charge in [-0.2, -0.15) is 14.0 Å². The van der Waals surface area contributed by atoms with E-state index in [-0.39, 0.29) is 11.3 Å². The van der Waals surface area contributed by atoms with E-state index in [0.717, 1.165) is 6.20 Å². The van der Waals surface area contributed by atoms with Gasteiger partial charge in [0.2, 0.25) is 5.88 Å². The summed E-state index contributed by atoms with van der Waals surface area (Å²) in [5.41, 5.74) is 5.39. The second-order valence-corrected chi connectivity index (χ2v) is 2.11. The first-order chi connectivity index (χ1) is 6.13. The van der Waals surface area contributed by atoms with E-state index in [4.69, 9.17) is 11.0 Å². The van der Waals surface area contributed by atoms with E-state index in [0.29, 0.717) is 0 Å². The molecule has 0 fully saturated rings. The molecule has 0 saturated heterocycles. The Morgan fingerprint density at radius 2 is 2.31 bits per heavy atom. The van der Waals surface area contributed by atoms with Gasteiger partial charge in [0, 0.05) is 0 Å². The third-order valence-electron chi connectivity index (χ3n) is 1.19. The van der Waals surface area contributed by atoms with Crippen molar-refractivity contribution < 1.29 is 13.5 Å². The lowest BCUT2D eigenvalue weighted by Gasteiger charge is -2.04. The molecule has 0 spiro atoms. The van der Waals surface area contributed by atoms with Gasteiger partial charge in [0.25, 0.3) is 0 Å². The molecule has 0 aliphatic heterocycles. The fourth-order valence-corrected chi connectivity index (χ4v) is 0.727. The molecule has 1 aromatic heterocycles. The minimum absolute atomic E-state index is 0.111. The van der Waals surface area contributed by atoms with Gasteiger partial charge in [-0.15, -0.1) is 0 Å². The monoisotopic (exact) mass is 185 g/mol. The van der Waals surface area contributed by atoms with Crippen LogP contribution in [0.25, 0.3) is 0 Å². The Bertz CT molecular complexity index is 348. The van der Waals surface area contributed by atoms with Crippen molar-refractivity contribution in [1.29, 1.82) is 5.26 Å². The number of pyridine rings is 1. The van der Waals surface area contributed by atoms with Gasteiger partial charge in [-0.1, -0.05) is 0 Å². The molecule has 1 heterocycles. The van der Waals surface area contributed by atoms with Crippen molar-refractivity contribution in [2.45, 2.75) is 6.61 Å². The van der Waals surface area contributed by atoms with Gasteiger partial charge in [-0.25, -0.2) is 4.98 Å². The van der Waals surface area contributed by atoms with Crippen LogP contribution in [0.5, 0.6) is 5.88 Å². The molecule has 0 radical (unpaired) electrons. The summed E-state index contributed by atoms with van der Waals surface area (Å²) >= 11 is 0. The average molecular weight is 185 g/mol. The van der Waals surface area contributed by atoms with E-state index in [1.807, 2.05) is 0 Å². The van der Waals surface area contributed by atoms with Gasteiger partial charge in [0.1, 0.15) is 11.6 Å². The molecular formula is C7H5F2N3O. The number of nitrogens with zero attached hydrogens (tertiary/aromatic N) is 2. The van der Waals surface area contributed by atoms with Crippen molar-refractivity contribution >= 4 is 5.69 Å². The van der Waals surface area contributed by atoms with Crippen molar-refractivity contribution in [3.05, 3.63) is 17.8 Å². The third-order valence-corrected chi connectivity index (χ3v) is 1.19. The lowest BCUT2D eigenvalue weighted by Crippen LogP contribution is -2.05. The SMILES string of the molecule is N#Cc1cc(N)cnc1OC(F)F. The highest BCUT2D eigenvalue weighted by Crippen LogP contribution is 2.18. The summed E-state index contributed by atoms with van der Waals surface area (Å²) in [5, 5.41) is 8.49. The zero-order valence-electron chi connectivity index (χ0n) is 6.37. The van der Waals surface area contributed by atoms with E-state index >= 15 is 0 Å². The number of aromatic nitrogens is 1. The second kappa shape index (κ2) is 3.67. The van der Waals surface area contributed by atoms with E-state index in [2.05, 4.69) is 9.72 Å². The summed E-state index contributed by atoms with van der Waals surface area (Å²) in [6.07, 6.45) is 1.14. The highest BCUT2D eigenvalue weighted by atomic mass is 19.3. The van der Waals surface area contributed by atoms with Crippen LogP contribution in [0.15, 0.2) is 12.3 Å². The number of nitriles is 1. The van der Waals surface area contributed by atoms with Crippen molar-refractivity contribution in [1.82, 2.24) is 4.98 Å². The van der Waals surface area contributed by atoms with Crippen molar-refractivity contribution in [2.75, 3.05) is 5.73 Å². The number of anilines is 1. The van der Waals surface area contributed by atoms with E-state index < -0.39 is 12.5 Å². The number of rotatable bonds is 2. The quantitative estimate of drug-likeness (QED) is 0.749. The number of ether oxygens (including phenoxy) is 1. The molecule has 0 aliphatic carbocycles. The van der Waals surface area contributed by atoms with Gasteiger partial charge >= 0.3 is 6.61 Å². The molecule has 2 N–H and O–H groups in total. The van der Waals surface area contributed by atoms with E-state index in [1.165, 1.54) is 6.07 Å². The van der Waals surface area contributed by atoms with Crippen LogP contribution in [0.2, 0.25) is 0 Å². The molecule has 0 aliphatic rings. The molecule has 0 saturated carbocycles. The van der Waals surface area contributed by atoms with Crippen LogP contribution in [0, 0.1) is 11.3 Å². The molecule has 6 heteroatoms. The van der Waals surface area contributed by atoms with Gasteiger partial charge in [-0.05, 0) is 6.07 Å². The predicted molar refractivity (Wildman–Crippen MR) is 40.0 cm³/mol. The van der Waals surface area contributed by atoms with Crippen LogP contribution in [0.4, 0.5) is 14.5 Å². The molecule has 0 atom stereocenters. The normalized spacial score (nSPS) is 9.69. The van der Waals surface area contributed by atoms with Gasteiger partial charge < -0.3 is 10.5 Å². The minimum Gasteiger partial charge on any atom is -0.415 e. The van der Waals surface area contributed by atoms with Crippen LogP contribution in [0.1, 0.15) is 5.56 Å². The molecule has 1 rings (SSSR count). The number of alkyl halides is 2. The topological polar surface area (TPSA) is 71.9 Å². The van der Waals surface area contributed by atoms with Gasteiger partial charge in [-0.3, -0.25) is 0 Å². The fraction of sp³-hybridized carbons (Fsp3) is 0.143. The van der Waals surface area contributed by atoms with Gasteiger partial charge in [0.05, 0.1) is 11.9 Å². The zero-order valence-corrected chi connectivity index (χ0v) is 6.37. The summed E-state index contributed by atoms with van der Waals surface area (Å²) in [6, 6.07) is 2.85. The second-order valence-electron chi connectivity index (χ2n) is 2.11. The van der Waals surface area contributed by atoms with Crippen molar-refractivity contribution in [2.24, 2.45) is 0 Å². The molecule has 13 heavy (non-hydrogen) atoms. The summed E-state index contributed by atoms with van der Waals surface area (Å²) in [4.78, 5) is 3.44. The van der Waals surface area contributed by atoms with Crippen LogP contribution in [-0.2, 0) is 0 Å². The molecule has 0 aromatic carbocycles. The molecular weight excluding hydrogens is 180 g/mol. The Hall–Kier alpha value is -1.90. The standard InChI is InChI=1S/C7H5F2N3O/c8-7(9)13-6-4(2-10)1-5(11)3-12-6/h1,3,7H,11H2. The molecule has 0 amide bonds. The number of nitrogens with two attached hydrogens (primary N) is 1. The maximum atomic E-state index is 11.7. The van der Waals surface area contributed by atoms with Crippen LogP contribution in [0.3, 0.4) is 0 Å². The minimum atomic E-state index is -3.00. The zero-order chi connectivity index (χ0) is 9.84. The number of halogens is 2.